The average Bonchev–Trinajstić information content (AvgIpc) is 3.43. The van der Waals surface area contributed by atoms with E-state index in [1.165, 1.54) is 37.4 Å². The summed E-state index contributed by atoms with van der Waals surface area (Å²) in [6.45, 7) is 0.713. The minimum atomic E-state index is -2.76. The number of nitrogens with zero attached hydrogens (tertiary/aromatic N) is 3. The molecule has 210 valence electrons. The number of nitrogens with two attached hydrogens (primary N) is 1. The summed E-state index contributed by atoms with van der Waals surface area (Å²) in [5.41, 5.74) is 7.48. The van der Waals surface area contributed by atoms with E-state index in [9.17, 15) is 18.0 Å². The Balaban J connectivity index is 1.54. The van der Waals surface area contributed by atoms with E-state index in [0.29, 0.717) is 47.2 Å². The highest BCUT2D eigenvalue weighted by Gasteiger charge is 2.19. The third-order valence-corrected chi connectivity index (χ3v) is 6.17. The molecule has 0 aliphatic heterocycles. The van der Waals surface area contributed by atoms with Crippen molar-refractivity contribution >= 4 is 22.6 Å². The molecule has 0 saturated heterocycles. The molecule has 0 fully saturated rings. The molecule has 0 amide bonds. The van der Waals surface area contributed by atoms with Gasteiger partial charge >= 0.3 is 5.97 Å². The highest BCUT2D eigenvalue weighted by atomic mass is 19.3. The fraction of sp³-hybridized carbons (Fsp3) is 0.172. The summed E-state index contributed by atoms with van der Waals surface area (Å²) in [6, 6.07) is 15.9. The van der Waals surface area contributed by atoms with Gasteiger partial charge < -0.3 is 25.5 Å². The average molecular weight is 563 g/mol. The number of anilines is 1. The van der Waals surface area contributed by atoms with Crippen molar-refractivity contribution in [3.8, 4) is 28.4 Å². The number of benzene rings is 2. The Morgan fingerprint density at radius 2 is 1.93 bits per heavy atom. The predicted octanol–water partition coefficient (Wildman–Crippen LogP) is 5.50. The number of methoxy groups -OCH3 is 1. The van der Waals surface area contributed by atoms with Crippen molar-refractivity contribution in [2.45, 2.75) is 13.0 Å². The number of nitrogens with one attached hydrogen (secondary N) is 2. The van der Waals surface area contributed by atoms with Gasteiger partial charge in [-0.2, -0.15) is 0 Å². The van der Waals surface area contributed by atoms with Gasteiger partial charge in [0, 0.05) is 17.5 Å². The van der Waals surface area contributed by atoms with Gasteiger partial charge in [-0.3, -0.25) is 4.98 Å². The molecule has 41 heavy (non-hydrogen) atoms. The number of alkyl halides is 2. The van der Waals surface area contributed by atoms with Crippen LogP contribution in [0.5, 0.6) is 5.75 Å². The van der Waals surface area contributed by atoms with Gasteiger partial charge in [-0.05, 0) is 42.5 Å². The largest absolute Gasteiger partial charge is 0.491 e. The second kappa shape index (κ2) is 12.0. The highest BCUT2D eigenvalue weighted by molar-refractivity contribution is 5.91. The standard InChI is InChI=1S/C29H25F3N6O3/c1-40-29(39)19-4-2-5-21(25(19)30)35-15-24-37-26(27(38-24)22-6-3-7-23(36-22)28(31)32)16-8-9-20-17(12-16)13-18(14-34-20)41-11-10-33/h2-9,12-14,28,35H,10-11,15,33H2,1H3,(H,37,38). The molecule has 0 radical (unpaired) electrons. The number of fused-ring (bicyclic) bond motifs is 1. The van der Waals surface area contributed by atoms with Crippen LogP contribution in [0.4, 0.5) is 18.9 Å². The van der Waals surface area contributed by atoms with Crippen molar-refractivity contribution in [1.82, 2.24) is 19.9 Å². The monoisotopic (exact) mass is 562 g/mol. The molecule has 2 aromatic carbocycles. The smallest absolute Gasteiger partial charge is 0.340 e. The van der Waals surface area contributed by atoms with Crippen molar-refractivity contribution in [1.29, 1.82) is 0 Å². The van der Waals surface area contributed by atoms with Crippen LogP contribution in [-0.2, 0) is 11.3 Å². The zero-order chi connectivity index (χ0) is 28.9. The van der Waals surface area contributed by atoms with Gasteiger partial charge in [0.05, 0.1) is 53.7 Å². The lowest BCUT2D eigenvalue weighted by molar-refractivity contribution is 0.0595. The Bertz CT molecular complexity index is 1710. The van der Waals surface area contributed by atoms with Gasteiger partial charge in [-0.15, -0.1) is 0 Å². The van der Waals surface area contributed by atoms with E-state index in [2.05, 4.69) is 25.0 Å². The minimum Gasteiger partial charge on any atom is -0.491 e. The van der Waals surface area contributed by atoms with E-state index in [1.54, 1.807) is 12.3 Å². The number of aromatic nitrogens is 4. The zero-order valence-corrected chi connectivity index (χ0v) is 21.8. The Morgan fingerprint density at radius 1 is 1.10 bits per heavy atom. The number of rotatable bonds is 10. The fourth-order valence-electron chi connectivity index (χ4n) is 4.24. The number of esters is 1. The maximum absolute atomic E-state index is 14.9. The summed E-state index contributed by atoms with van der Waals surface area (Å²) >= 11 is 0. The second-order valence-corrected chi connectivity index (χ2v) is 8.88. The van der Waals surface area contributed by atoms with Gasteiger partial charge in [0.2, 0.25) is 0 Å². The second-order valence-electron chi connectivity index (χ2n) is 8.88. The van der Waals surface area contributed by atoms with Crippen LogP contribution in [0.3, 0.4) is 0 Å². The van der Waals surface area contributed by atoms with E-state index in [1.807, 2.05) is 24.3 Å². The summed E-state index contributed by atoms with van der Waals surface area (Å²) in [5.74, 6) is -0.649. The molecule has 0 aliphatic rings. The molecule has 4 N–H and O–H groups in total. The third kappa shape index (κ3) is 5.97. The van der Waals surface area contributed by atoms with Crippen molar-refractivity contribution in [2.75, 3.05) is 25.6 Å². The van der Waals surface area contributed by atoms with E-state index in [0.717, 1.165) is 5.39 Å². The molecule has 3 heterocycles. The van der Waals surface area contributed by atoms with Crippen LogP contribution in [0.25, 0.3) is 33.5 Å². The highest BCUT2D eigenvalue weighted by Crippen LogP contribution is 2.33. The number of hydrogen-bond donors (Lipinski definition) is 3. The summed E-state index contributed by atoms with van der Waals surface area (Å²) < 4.78 is 52.1. The number of ether oxygens (including phenoxy) is 2. The number of pyridine rings is 2. The van der Waals surface area contributed by atoms with Crippen molar-refractivity contribution < 1.29 is 27.4 Å². The molecule has 0 bridgehead atoms. The zero-order valence-electron chi connectivity index (χ0n) is 21.8. The number of halogens is 3. The summed E-state index contributed by atoms with van der Waals surface area (Å²) in [6.07, 6.45) is -1.15. The number of carbonyl (C=O) groups is 1. The van der Waals surface area contributed by atoms with Crippen LogP contribution in [0.15, 0.2) is 66.9 Å². The predicted molar refractivity (Wildman–Crippen MR) is 147 cm³/mol. The molecule has 0 atom stereocenters. The Hall–Kier alpha value is -4.97. The summed E-state index contributed by atoms with van der Waals surface area (Å²) in [4.78, 5) is 28.3. The van der Waals surface area contributed by atoms with E-state index in [-0.39, 0.29) is 29.2 Å². The topological polar surface area (TPSA) is 128 Å². The number of hydrogen-bond acceptors (Lipinski definition) is 8. The van der Waals surface area contributed by atoms with E-state index >= 15 is 0 Å². The molecule has 5 aromatic rings. The summed E-state index contributed by atoms with van der Waals surface area (Å²) in [7, 11) is 1.17. The molecular weight excluding hydrogens is 537 g/mol. The van der Waals surface area contributed by atoms with Crippen LogP contribution in [-0.4, -0.2) is 46.2 Å². The van der Waals surface area contributed by atoms with Gasteiger partial charge in [0.25, 0.3) is 6.43 Å². The quantitative estimate of drug-likeness (QED) is 0.191. The van der Waals surface area contributed by atoms with E-state index in [4.69, 9.17) is 15.5 Å². The number of imidazole rings is 1. The van der Waals surface area contributed by atoms with Crippen molar-refractivity contribution in [3.63, 3.8) is 0 Å². The van der Waals surface area contributed by atoms with Crippen LogP contribution < -0.4 is 15.8 Å². The molecule has 0 spiro atoms. The molecule has 0 unspecified atom stereocenters. The lowest BCUT2D eigenvalue weighted by Crippen LogP contribution is -2.10. The van der Waals surface area contributed by atoms with Crippen LogP contribution in [0.2, 0.25) is 0 Å². The summed E-state index contributed by atoms with van der Waals surface area (Å²) in [5, 5.41) is 3.69. The first-order chi connectivity index (χ1) is 19.9. The van der Waals surface area contributed by atoms with E-state index < -0.39 is 18.2 Å². The number of H-pyrrole nitrogens is 1. The van der Waals surface area contributed by atoms with Gasteiger partial charge in [0.1, 0.15) is 23.9 Å². The third-order valence-electron chi connectivity index (χ3n) is 6.17. The lowest BCUT2D eigenvalue weighted by Gasteiger charge is -2.08. The number of aromatic amines is 1. The van der Waals surface area contributed by atoms with Crippen molar-refractivity contribution in [2.24, 2.45) is 5.73 Å². The molecular formula is C29H25F3N6O3. The lowest BCUT2D eigenvalue weighted by atomic mass is 10.1. The van der Waals surface area contributed by atoms with Crippen LogP contribution >= 0.6 is 0 Å². The Labute approximate surface area is 232 Å². The molecule has 3 aromatic heterocycles. The first-order valence-corrected chi connectivity index (χ1v) is 12.6. The molecule has 12 heteroatoms. The minimum absolute atomic E-state index is 0.0231. The maximum atomic E-state index is 14.9. The molecule has 0 aliphatic carbocycles. The first kappa shape index (κ1) is 27.6. The van der Waals surface area contributed by atoms with Crippen LogP contribution in [0.1, 0.15) is 28.3 Å². The Kier molecular flexibility index (Phi) is 8.11. The van der Waals surface area contributed by atoms with Crippen LogP contribution in [0, 0.1) is 5.82 Å². The number of carbonyl (C=O) groups excluding carboxylic acids is 1. The van der Waals surface area contributed by atoms with Gasteiger partial charge in [-0.25, -0.2) is 27.9 Å². The van der Waals surface area contributed by atoms with Crippen molar-refractivity contribution in [3.05, 3.63) is 89.8 Å². The molecule has 0 saturated carbocycles. The molecule has 5 rings (SSSR count). The fourth-order valence-corrected chi connectivity index (χ4v) is 4.24. The SMILES string of the molecule is COC(=O)c1cccc(NCc2nc(-c3ccc4ncc(OCCN)cc4c3)c(-c3cccc(C(F)F)n3)[nH]2)c1F. The molecule has 9 nitrogen and oxygen atoms in total. The normalized spacial score (nSPS) is 11.2. The maximum Gasteiger partial charge on any atom is 0.340 e. The van der Waals surface area contributed by atoms with Gasteiger partial charge in [-0.1, -0.05) is 18.2 Å². The van der Waals surface area contributed by atoms with Gasteiger partial charge in [0.15, 0.2) is 5.82 Å². The Morgan fingerprint density at radius 3 is 2.71 bits per heavy atom. The first-order valence-electron chi connectivity index (χ1n) is 12.6.